The Morgan fingerprint density at radius 1 is 1.07 bits per heavy atom. The van der Waals surface area contributed by atoms with Gasteiger partial charge in [0.25, 0.3) is 5.91 Å². The van der Waals surface area contributed by atoms with Crippen LogP contribution in [0.4, 0.5) is 10.1 Å². The van der Waals surface area contributed by atoms with Crippen molar-refractivity contribution in [2.75, 3.05) is 38.0 Å². The zero-order chi connectivity index (χ0) is 21.1. The Morgan fingerprint density at radius 3 is 2.53 bits per heavy atom. The Balaban J connectivity index is 1.28. The Kier molecular flexibility index (Phi) is 6.35. The fraction of sp³-hybridized carbons (Fsp3) is 0.391. The van der Waals surface area contributed by atoms with E-state index < -0.39 is 5.82 Å². The first-order valence-corrected chi connectivity index (χ1v) is 10.7. The first-order valence-electron chi connectivity index (χ1n) is 10.4. The van der Waals surface area contributed by atoms with Crippen LogP contribution in [0.25, 0.3) is 0 Å². The molecule has 0 unspecified atom stereocenters. The number of nitrogens with zero attached hydrogens (tertiary/aromatic N) is 2. The van der Waals surface area contributed by atoms with Crippen molar-refractivity contribution in [1.29, 1.82) is 0 Å². The van der Waals surface area contributed by atoms with Crippen LogP contribution in [0.15, 0.2) is 42.5 Å². The van der Waals surface area contributed by atoms with E-state index in [0.29, 0.717) is 17.2 Å². The summed E-state index contributed by atoms with van der Waals surface area (Å²) in [4.78, 5) is 29.1. The minimum absolute atomic E-state index is 0.0273. The number of nitrogens with one attached hydrogen (secondary N) is 1. The van der Waals surface area contributed by atoms with Crippen molar-refractivity contribution in [1.82, 2.24) is 9.80 Å². The van der Waals surface area contributed by atoms with E-state index in [1.807, 2.05) is 23.1 Å². The van der Waals surface area contributed by atoms with E-state index in [1.165, 1.54) is 18.2 Å². The van der Waals surface area contributed by atoms with Crippen LogP contribution in [0.5, 0.6) is 0 Å². The quantitative estimate of drug-likeness (QED) is 0.759. The van der Waals surface area contributed by atoms with Crippen molar-refractivity contribution in [3.8, 4) is 0 Å². The monoisotopic (exact) mass is 429 g/mol. The number of carbonyl (C=O) groups is 2. The van der Waals surface area contributed by atoms with Crippen LogP contribution < -0.4 is 5.32 Å². The number of rotatable bonds is 6. The lowest BCUT2D eigenvalue weighted by molar-refractivity contribution is -0.134. The van der Waals surface area contributed by atoms with Crippen LogP contribution in [0.3, 0.4) is 0 Å². The number of carbonyl (C=O) groups excluding carboxylic acids is 2. The Morgan fingerprint density at radius 2 is 1.83 bits per heavy atom. The predicted octanol–water partition coefficient (Wildman–Crippen LogP) is 3.83. The summed E-state index contributed by atoms with van der Waals surface area (Å²) in [6.07, 6.45) is 2.94. The third-order valence-corrected chi connectivity index (χ3v) is 5.98. The molecule has 0 spiro atoms. The van der Waals surface area contributed by atoms with Crippen molar-refractivity contribution in [2.45, 2.75) is 19.3 Å². The Bertz CT molecular complexity index is 940. The highest BCUT2D eigenvalue weighted by atomic mass is 35.5. The molecule has 2 amide bonds. The number of benzene rings is 2. The van der Waals surface area contributed by atoms with E-state index in [2.05, 4.69) is 10.2 Å². The van der Waals surface area contributed by atoms with Gasteiger partial charge < -0.3 is 10.2 Å². The molecule has 30 heavy (non-hydrogen) atoms. The number of hydrogen-bond donors (Lipinski definition) is 1. The average molecular weight is 430 g/mol. The molecular formula is C23H25ClFN3O2. The molecule has 7 heteroatoms. The van der Waals surface area contributed by atoms with E-state index in [9.17, 15) is 14.0 Å². The molecule has 2 aromatic rings. The third-order valence-electron chi connectivity index (χ3n) is 5.69. The molecule has 2 aromatic carbocycles. The summed E-state index contributed by atoms with van der Waals surface area (Å²) in [6, 6.07) is 11.6. The second-order valence-corrected chi connectivity index (χ2v) is 8.38. The van der Waals surface area contributed by atoms with Gasteiger partial charge in [0.2, 0.25) is 5.91 Å². The fourth-order valence-electron chi connectivity index (χ4n) is 3.71. The topological polar surface area (TPSA) is 52.7 Å². The molecule has 5 nitrogen and oxygen atoms in total. The molecule has 158 valence electrons. The average Bonchev–Trinajstić information content (AvgIpc) is 3.60. The Hall–Kier alpha value is -2.44. The summed E-state index contributed by atoms with van der Waals surface area (Å²) >= 11 is 5.78. The van der Waals surface area contributed by atoms with Gasteiger partial charge in [0, 0.05) is 49.9 Å². The van der Waals surface area contributed by atoms with Crippen LogP contribution in [-0.4, -0.2) is 54.3 Å². The standard InChI is InChI=1S/C23H25ClFN3O2/c24-20-15-19(6-7-21(20)25)26-22(29)18-3-1-2-16(14-18)8-9-27-10-12-28(13-11-27)23(30)17-4-5-17/h1-3,6-7,14-15,17H,4-5,8-13H2,(H,26,29). The van der Waals surface area contributed by atoms with Crippen molar-refractivity contribution in [3.05, 3.63) is 64.4 Å². The summed E-state index contributed by atoms with van der Waals surface area (Å²) in [6.45, 7) is 4.29. The lowest BCUT2D eigenvalue weighted by Crippen LogP contribution is -2.49. The predicted molar refractivity (Wildman–Crippen MR) is 115 cm³/mol. The minimum atomic E-state index is -0.519. The van der Waals surface area contributed by atoms with Gasteiger partial charge in [0.1, 0.15) is 5.82 Å². The SMILES string of the molecule is O=C(Nc1ccc(F)c(Cl)c1)c1cccc(CCN2CCN(C(=O)C3CC3)CC2)c1. The van der Waals surface area contributed by atoms with Crippen molar-refractivity contribution < 1.29 is 14.0 Å². The summed E-state index contributed by atoms with van der Waals surface area (Å²) in [5.74, 6) is -0.159. The van der Waals surface area contributed by atoms with Crippen molar-refractivity contribution in [3.63, 3.8) is 0 Å². The van der Waals surface area contributed by atoms with Gasteiger partial charge in [0.15, 0.2) is 0 Å². The van der Waals surface area contributed by atoms with Crippen molar-refractivity contribution >= 4 is 29.1 Å². The first-order chi connectivity index (χ1) is 14.5. The molecule has 1 N–H and O–H groups in total. The van der Waals surface area contributed by atoms with Crippen molar-refractivity contribution in [2.24, 2.45) is 5.92 Å². The molecule has 1 aliphatic heterocycles. The molecule has 0 bridgehead atoms. The highest BCUT2D eigenvalue weighted by Crippen LogP contribution is 2.31. The largest absolute Gasteiger partial charge is 0.340 e. The summed E-state index contributed by atoms with van der Waals surface area (Å²) in [7, 11) is 0. The molecule has 0 aromatic heterocycles. The number of piperazine rings is 1. The molecule has 1 heterocycles. The summed E-state index contributed by atoms with van der Waals surface area (Å²) in [5.41, 5.74) is 2.08. The lowest BCUT2D eigenvalue weighted by atomic mass is 10.1. The second-order valence-electron chi connectivity index (χ2n) is 7.97. The van der Waals surface area contributed by atoms with Crippen LogP contribution in [0, 0.1) is 11.7 Å². The smallest absolute Gasteiger partial charge is 0.255 e. The first kappa shape index (κ1) is 20.8. The lowest BCUT2D eigenvalue weighted by Gasteiger charge is -2.34. The highest BCUT2D eigenvalue weighted by Gasteiger charge is 2.34. The number of hydrogen-bond acceptors (Lipinski definition) is 3. The molecule has 2 aliphatic rings. The van der Waals surface area contributed by atoms with E-state index in [4.69, 9.17) is 11.6 Å². The normalized spacial score (nSPS) is 17.1. The van der Waals surface area contributed by atoms with Gasteiger partial charge in [-0.25, -0.2) is 4.39 Å². The maximum atomic E-state index is 13.3. The third kappa shape index (κ3) is 5.18. The van der Waals surface area contributed by atoms with Gasteiger partial charge in [-0.15, -0.1) is 0 Å². The van der Waals surface area contributed by atoms with E-state index in [1.54, 1.807) is 6.07 Å². The van der Waals surface area contributed by atoms with E-state index in [-0.39, 0.29) is 16.8 Å². The zero-order valence-corrected chi connectivity index (χ0v) is 17.5. The molecule has 1 aliphatic carbocycles. The second kappa shape index (κ2) is 9.14. The van der Waals surface area contributed by atoms with Gasteiger partial charge in [0.05, 0.1) is 5.02 Å². The van der Waals surface area contributed by atoms with Gasteiger partial charge in [-0.1, -0.05) is 23.7 Å². The number of halogens is 2. The molecule has 0 radical (unpaired) electrons. The Labute approximate surface area is 180 Å². The van der Waals surface area contributed by atoms with Crippen LogP contribution >= 0.6 is 11.6 Å². The summed E-state index contributed by atoms with van der Waals surface area (Å²) < 4.78 is 13.3. The zero-order valence-electron chi connectivity index (χ0n) is 16.7. The van der Waals surface area contributed by atoms with Crippen LogP contribution in [0.1, 0.15) is 28.8 Å². The van der Waals surface area contributed by atoms with Gasteiger partial charge in [-0.3, -0.25) is 14.5 Å². The molecule has 2 fully saturated rings. The number of anilines is 1. The molecule has 1 saturated heterocycles. The molecule has 1 saturated carbocycles. The minimum Gasteiger partial charge on any atom is -0.340 e. The van der Waals surface area contributed by atoms with Gasteiger partial charge >= 0.3 is 0 Å². The molecule has 0 atom stereocenters. The fourth-order valence-corrected chi connectivity index (χ4v) is 3.89. The van der Waals surface area contributed by atoms with E-state index >= 15 is 0 Å². The van der Waals surface area contributed by atoms with Gasteiger partial charge in [-0.05, 0) is 55.2 Å². The maximum absolute atomic E-state index is 13.3. The van der Waals surface area contributed by atoms with Gasteiger partial charge in [-0.2, -0.15) is 0 Å². The molecule has 4 rings (SSSR count). The van der Waals surface area contributed by atoms with E-state index in [0.717, 1.165) is 57.5 Å². The van der Waals surface area contributed by atoms with Crippen LogP contribution in [-0.2, 0) is 11.2 Å². The molecular weight excluding hydrogens is 405 g/mol. The highest BCUT2D eigenvalue weighted by molar-refractivity contribution is 6.31. The number of amides is 2. The summed E-state index contributed by atoms with van der Waals surface area (Å²) in [5, 5.41) is 2.72. The van der Waals surface area contributed by atoms with Crippen LogP contribution in [0.2, 0.25) is 5.02 Å². The maximum Gasteiger partial charge on any atom is 0.255 e.